The third kappa shape index (κ3) is 3.17. The van der Waals surface area contributed by atoms with Crippen molar-refractivity contribution in [2.45, 2.75) is 25.0 Å². The average Bonchev–Trinajstić information content (AvgIpc) is 2.70. The number of carbonyl (C=O) groups is 1. The fourth-order valence-electron chi connectivity index (χ4n) is 2.48. The lowest BCUT2D eigenvalue weighted by atomic mass is 10.1. The third-order valence-corrected chi connectivity index (χ3v) is 3.15. The molecule has 2 aliphatic heterocycles. The van der Waals surface area contributed by atoms with E-state index >= 15 is 0 Å². The number of nitrogens with one attached hydrogen (secondary N) is 2. The molecule has 2 rings (SSSR count). The number of nitrogens with zero attached hydrogens (tertiary/aromatic N) is 1. The highest BCUT2D eigenvalue weighted by atomic mass is 16.5. The van der Waals surface area contributed by atoms with Gasteiger partial charge < -0.3 is 15.4 Å². The van der Waals surface area contributed by atoms with Crippen LogP contribution in [0.4, 0.5) is 0 Å². The smallest absolute Gasteiger partial charge is 0.234 e. The van der Waals surface area contributed by atoms with Gasteiger partial charge in [-0.1, -0.05) is 0 Å². The fourth-order valence-corrected chi connectivity index (χ4v) is 2.48. The summed E-state index contributed by atoms with van der Waals surface area (Å²) in [6.45, 7) is 4.04. The first-order chi connectivity index (χ1) is 7.78. The normalized spacial score (nSPS) is 31.7. The number of piperazine rings is 1. The summed E-state index contributed by atoms with van der Waals surface area (Å²) in [7, 11) is 1.91. The topological polar surface area (TPSA) is 53.6 Å². The fraction of sp³-hybridized carbons (Fsp3) is 0.909. The standard InChI is InChI=1S/C11H21N3O2/c1-12-5-9-6-14(8-11(15)13-9)7-10-3-2-4-16-10/h9-10,12H,2-8H2,1H3,(H,13,15). The number of rotatable bonds is 4. The molecule has 0 aromatic heterocycles. The maximum Gasteiger partial charge on any atom is 0.234 e. The van der Waals surface area contributed by atoms with E-state index in [2.05, 4.69) is 15.5 Å². The van der Waals surface area contributed by atoms with E-state index < -0.39 is 0 Å². The van der Waals surface area contributed by atoms with Gasteiger partial charge >= 0.3 is 0 Å². The Morgan fingerprint density at radius 1 is 1.62 bits per heavy atom. The van der Waals surface area contributed by atoms with Crippen molar-refractivity contribution in [3.8, 4) is 0 Å². The van der Waals surface area contributed by atoms with Crippen LogP contribution in [-0.4, -0.2) is 62.8 Å². The summed E-state index contributed by atoms with van der Waals surface area (Å²) in [6, 6.07) is 0.229. The summed E-state index contributed by atoms with van der Waals surface area (Å²) in [6.07, 6.45) is 2.63. The van der Waals surface area contributed by atoms with E-state index in [1.165, 1.54) is 0 Å². The molecule has 5 nitrogen and oxygen atoms in total. The molecule has 5 heteroatoms. The van der Waals surface area contributed by atoms with Crippen LogP contribution in [0, 0.1) is 0 Å². The zero-order chi connectivity index (χ0) is 11.4. The lowest BCUT2D eigenvalue weighted by Crippen LogP contribution is -2.58. The molecule has 2 unspecified atom stereocenters. The second kappa shape index (κ2) is 5.61. The second-order valence-electron chi connectivity index (χ2n) is 4.65. The molecule has 16 heavy (non-hydrogen) atoms. The quantitative estimate of drug-likeness (QED) is 0.659. The molecule has 0 aliphatic carbocycles. The molecule has 2 N–H and O–H groups in total. The third-order valence-electron chi connectivity index (χ3n) is 3.15. The highest BCUT2D eigenvalue weighted by molar-refractivity contribution is 5.79. The van der Waals surface area contributed by atoms with E-state index in [-0.39, 0.29) is 11.9 Å². The van der Waals surface area contributed by atoms with Crippen molar-refractivity contribution < 1.29 is 9.53 Å². The summed E-state index contributed by atoms with van der Waals surface area (Å²) in [4.78, 5) is 13.7. The predicted molar refractivity (Wildman–Crippen MR) is 61.3 cm³/mol. The van der Waals surface area contributed by atoms with E-state index in [4.69, 9.17) is 4.74 Å². The van der Waals surface area contributed by atoms with Gasteiger partial charge in [-0.05, 0) is 19.9 Å². The van der Waals surface area contributed by atoms with Crippen LogP contribution in [0.3, 0.4) is 0 Å². The maximum atomic E-state index is 11.5. The highest BCUT2D eigenvalue weighted by Gasteiger charge is 2.27. The van der Waals surface area contributed by atoms with Gasteiger partial charge in [-0.2, -0.15) is 0 Å². The SMILES string of the molecule is CNCC1CN(CC2CCCO2)CC(=O)N1. The summed E-state index contributed by atoms with van der Waals surface area (Å²) in [5, 5.41) is 6.09. The van der Waals surface area contributed by atoms with Gasteiger partial charge in [0, 0.05) is 26.2 Å². The van der Waals surface area contributed by atoms with Crippen molar-refractivity contribution in [3.05, 3.63) is 0 Å². The number of hydrogen-bond acceptors (Lipinski definition) is 4. The molecule has 2 saturated heterocycles. The van der Waals surface area contributed by atoms with Gasteiger partial charge in [0.25, 0.3) is 0 Å². The van der Waals surface area contributed by atoms with Crippen LogP contribution in [0.1, 0.15) is 12.8 Å². The highest BCUT2D eigenvalue weighted by Crippen LogP contribution is 2.14. The molecule has 92 valence electrons. The predicted octanol–water partition coefficient (Wildman–Crippen LogP) is -0.815. The Hall–Kier alpha value is -0.650. The van der Waals surface area contributed by atoms with Crippen molar-refractivity contribution in [2.75, 3.05) is 39.8 Å². The zero-order valence-corrected chi connectivity index (χ0v) is 9.87. The summed E-state index contributed by atoms with van der Waals surface area (Å²) in [5.41, 5.74) is 0. The summed E-state index contributed by atoms with van der Waals surface area (Å²) >= 11 is 0. The largest absolute Gasteiger partial charge is 0.377 e. The van der Waals surface area contributed by atoms with Gasteiger partial charge in [0.15, 0.2) is 0 Å². The van der Waals surface area contributed by atoms with Crippen LogP contribution in [0.15, 0.2) is 0 Å². The Labute approximate surface area is 96.5 Å². The number of amides is 1. The molecule has 0 bridgehead atoms. The van der Waals surface area contributed by atoms with Crippen molar-refractivity contribution in [2.24, 2.45) is 0 Å². The Morgan fingerprint density at radius 3 is 3.19 bits per heavy atom. The maximum absolute atomic E-state index is 11.5. The van der Waals surface area contributed by atoms with E-state index in [9.17, 15) is 4.79 Å². The van der Waals surface area contributed by atoms with E-state index in [1.807, 2.05) is 7.05 Å². The molecule has 0 spiro atoms. The van der Waals surface area contributed by atoms with E-state index in [1.54, 1.807) is 0 Å². The number of hydrogen-bond donors (Lipinski definition) is 2. The van der Waals surface area contributed by atoms with Crippen LogP contribution < -0.4 is 10.6 Å². The van der Waals surface area contributed by atoms with Crippen molar-refractivity contribution in [1.82, 2.24) is 15.5 Å². The van der Waals surface area contributed by atoms with Gasteiger partial charge in [-0.15, -0.1) is 0 Å². The van der Waals surface area contributed by atoms with Gasteiger partial charge in [0.1, 0.15) is 0 Å². The van der Waals surface area contributed by atoms with Crippen molar-refractivity contribution in [1.29, 1.82) is 0 Å². The van der Waals surface area contributed by atoms with Crippen molar-refractivity contribution >= 4 is 5.91 Å². The molecule has 0 saturated carbocycles. The van der Waals surface area contributed by atoms with Crippen LogP contribution in [0.25, 0.3) is 0 Å². The molecule has 0 aromatic rings. The summed E-state index contributed by atoms with van der Waals surface area (Å²) in [5.74, 6) is 0.129. The van der Waals surface area contributed by atoms with Crippen molar-refractivity contribution in [3.63, 3.8) is 0 Å². The molecule has 2 atom stereocenters. The zero-order valence-electron chi connectivity index (χ0n) is 9.87. The molecule has 2 aliphatic rings. The average molecular weight is 227 g/mol. The van der Waals surface area contributed by atoms with Crippen LogP contribution in [0.5, 0.6) is 0 Å². The van der Waals surface area contributed by atoms with Gasteiger partial charge in [0.05, 0.1) is 18.7 Å². The number of likely N-dealkylation sites (N-methyl/N-ethyl adjacent to an activating group) is 1. The van der Waals surface area contributed by atoms with Crippen LogP contribution in [-0.2, 0) is 9.53 Å². The first-order valence-corrected chi connectivity index (χ1v) is 6.06. The molecule has 0 aromatic carbocycles. The summed E-state index contributed by atoms with van der Waals surface area (Å²) < 4.78 is 5.60. The first-order valence-electron chi connectivity index (χ1n) is 6.06. The molecule has 2 fully saturated rings. The first kappa shape index (κ1) is 11.8. The van der Waals surface area contributed by atoms with Gasteiger partial charge in [0.2, 0.25) is 5.91 Å². The van der Waals surface area contributed by atoms with Gasteiger partial charge in [-0.3, -0.25) is 9.69 Å². The van der Waals surface area contributed by atoms with Gasteiger partial charge in [-0.25, -0.2) is 0 Å². The minimum absolute atomic E-state index is 0.129. The Morgan fingerprint density at radius 2 is 2.50 bits per heavy atom. The Kier molecular flexibility index (Phi) is 4.15. The second-order valence-corrected chi connectivity index (χ2v) is 4.65. The Balaban J connectivity index is 1.81. The molecule has 1 amide bonds. The lowest BCUT2D eigenvalue weighted by molar-refractivity contribution is -0.126. The Bertz CT molecular complexity index is 241. The monoisotopic (exact) mass is 227 g/mol. The number of ether oxygens (including phenoxy) is 1. The van der Waals surface area contributed by atoms with E-state index in [0.717, 1.165) is 39.1 Å². The van der Waals surface area contributed by atoms with E-state index in [0.29, 0.717) is 12.6 Å². The minimum atomic E-state index is 0.129. The molecular weight excluding hydrogens is 206 g/mol. The molecule has 2 heterocycles. The van der Waals surface area contributed by atoms with Crippen LogP contribution >= 0.6 is 0 Å². The minimum Gasteiger partial charge on any atom is -0.377 e. The van der Waals surface area contributed by atoms with Crippen LogP contribution in [0.2, 0.25) is 0 Å². The number of carbonyl (C=O) groups excluding carboxylic acids is 1. The molecular formula is C11H21N3O2. The molecule has 0 radical (unpaired) electrons. The lowest BCUT2D eigenvalue weighted by Gasteiger charge is -2.34.